The highest BCUT2D eigenvalue weighted by Crippen LogP contribution is 2.23. The molecule has 0 aromatic carbocycles. The zero-order valence-corrected chi connectivity index (χ0v) is 12.6. The topological polar surface area (TPSA) is 55.9 Å². The van der Waals surface area contributed by atoms with Gasteiger partial charge < -0.3 is 0 Å². The number of nitrogens with two attached hydrogens (primary N) is 1. The SMILES string of the molecule is CCc1nn(C)c(CC(CCC(C)C)NN)c1Cl. The van der Waals surface area contributed by atoms with Gasteiger partial charge in [-0.05, 0) is 25.2 Å². The summed E-state index contributed by atoms with van der Waals surface area (Å²) in [6.45, 7) is 6.51. The number of nitrogens with zero attached hydrogens (tertiary/aromatic N) is 2. The lowest BCUT2D eigenvalue weighted by atomic mass is 10.0. The van der Waals surface area contributed by atoms with Crippen LogP contribution in [-0.2, 0) is 19.9 Å². The van der Waals surface area contributed by atoms with Crippen LogP contribution in [0.1, 0.15) is 45.0 Å². The summed E-state index contributed by atoms with van der Waals surface area (Å²) in [5.74, 6) is 6.31. The molecule has 1 rings (SSSR count). The number of hydrogen-bond acceptors (Lipinski definition) is 3. The first-order valence-corrected chi connectivity index (χ1v) is 7.03. The lowest BCUT2D eigenvalue weighted by Gasteiger charge is -2.17. The molecule has 3 N–H and O–H groups in total. The fraction of sp³-hybridized carbons (Fsp3) is 0.769. The minimum absolute atomic E-state index is 0.255. The van der Waals surface area contributed by atoms with Crippen LogP contribution >= 0.6 is 11.6 Å². The Morgan fingerprint density at radius 3 is 2.50 bits per heavy atom. The van der Waals surface area contributed by atoms with Crippen molar-refractivity contribution in [3.63, 3.8) is 0 Å². The molecule has 0 saturated carbocycles. The van der Waals surface area contributed by atoms with Gasteiger partial charge in [0.1, 0.15) is 0 Å². The third-order valence-electron chi connectivity index (χ3n) is 3.27. The van der Waals surface area contributed by atoms with E-state index in [0.717, 1.165) is 42.1 Å². The molecule has 104 valence electrons. The maximum atomic E-state index is 6.34. The first-order valence-electron chi connectivity index (χ1n) is 6.65. The number of aromatic nitrogens is 2. The van der Waals surface area contributed by atoms with Gasteiger partial charge in [0.15, 0.2) is 0 Å². The molecule has 4 nitrogen and oxygen atoms in total. The molecule has 0 bridgehead atoms. The van der Waals surface area contributed by atoms with E-state index in [1.54, 1.807) is 0 Å². The summed E-state index contributed by atoms with van der Waals surface area (Å²) in [5, 5.41) is 5.22. The molecule has 0 radical (unpaired) electrons. The molecule has 0 fully saturated rings. The fourth-order valence-corrected chi connectivity index (χ4v) is 2.42. The molecule has 0 aliphatic heterocycles. The molecule has 1 atom stereocenters. The van der Waals surface area contributed by atoms with Crippen molar-refractivity contribution in [3.05, 3.63) is 16.4 Å². The molecule has 1 unspecified atom stereocenters. The monoisotopic (exact) mass is 272 g/mol. The Bertz CT molecular complexity index is 373. The molecule has 0 saturated heterocycles. The molecule has 18 heavy (non-hydrogen) atoms. The summed E-state index contributed by atoms with van der Waals surface area (Å²) in [4.78, 5) is 0. The van der Waals surface area contributed by atoms with Gasteiger partial charge in [-0.15, -0.1) is 0 Å². The number of aryl methyl sites for hydroxylation is 2. The van der Waals surface area contributed by atoms with E-state index in [1.165, 1.54) is 0 Å². The lowest BCUT2D eigenvalue weighted by molar-refractivity contribution is 0.427. The van der Waals surface area contributed by atoms with Crippen LogP contribution in [0, 0.1) is 5.92 Å². The van der Waals surface area contributed by atoms with Crippen LogP contribution in [0.3, 0.4) is 0 Å². The zero-order valence-electron chi connectivity index (χ0n) is 11.8. The van der Waals surface area contributed by atoms with Crippen LogP contribution in [0.2, 0.25) is 5.02 Å². The number of hydrazine groups is 1. The zero-order chi connectivity index (χ0) is 13.7. The van der Waals surface area contributed by atoms with Crippen molar-refractivity contribution in [2.24, 2.45) is 18.8 Å². The molecule has 1 aromatic rings. The maximum absolute atomic E-state index is 6.34. The molecular formula is C13H25ClN4. The summed E-state index contributed by atoms with van der Waals surface area (Å²) < 4.78 is 1.88. The fourth-order valence-electron chi connectivity index (χ4n) is 2.05. The predicted molar refractivity (Wildman–Crippen MR) is 76.5 cm³/mol. The Morgan fingerprint density at radius 2 is 2.06 bits per heavy atom. The Labute approximate surface area is 115 Å². The predicted octanol–water partition coefficient (Wildman–Crippen LogP) is 2.45. The van der Waals surface area contributed by atoms with Crippen LogP contribution in [-0.4, -0.2) is 15.8 Å². The molecule has 1 heterocycles. The minimum atomic E-state index is 0.255. The van der Waals surface area contributed by atoms with E-state index in [2.05, 4.69) is 31.3 Å². The molecule has 0 aliphatic rings. The van der Waals surface area contributed by atoms with E-state index >= 15 is 0 Å². The average Bonchev–Trinajstić information content (AvgIpc) is 2.60. The molecule has 0 aliphatic carbocycles. The third-order valence-corrected chi connectivity index (χ3v) is 3.71. The molecule has 0 spiro atoms. The van der Waals surface area contributed by atoms with Gasteiger partial charge in [-0.2, -0.15) is 5.10 Å². The first-order chi connectivity index (χ1) is 8.49. The summed E-state index contributed by atoms with van der Waals surface area (Å²) in [7, 11) is 1.94. The van der Waals surface area contributed by atoms with Gasteiger partial charge in [0.25, 0.3) is 0 Å². The van der Waals surface area contributed by atoms with Crippen molar-refractivity contribution in [2.45, 2.75) is 52.5 Å². The van der Waals surface area contributed by atoms with Crippen LogP contribution < -0.4 is 11.3 Å². The second kappa shape index (κ2) is 7.12. The van der Waals surface area contributed by atoms with Crippen molar-refractivity contribution in [1.29, 1.82) is 0 Å². The highest BCUT2D eigenvalue weighted by Gasteiger charge is 2.17. The van der Waals surface area contributed by atoms with Gasteiger partial charge in [0.05, 0.1) is 16.4 Å². The van der Waals surface area contributed by atoms with Gasteiger partial charge in [0.2, 0.25) is 0 Å². The largest absolute Gasteiger partial charge is 0.271 e. The molecule has 5 heteroatoms. The number of rotatable bonds is 7. The summed E-state index contributed by atoms with van der Waals surface area (Å²) in [6, 6.07) is 0.255. The smallest absolute Gasteiger partial charge is 0.0850 e. The van der Waals surface area contributed by atoms with E-state index in [0.29, 0.717) is 5.92 Å². The minimum Gasteiger partial charge on any atom is -0.271 e. The van der Waals surface area contributed by atoms with Gasteiger partial charge in [0, 0.05) is 19.5 Å². The van der Waals surface area contributed by atoms with Crippen molar-refractivity contribution in [1.82, 2.24) is 15.2 Å². The van der Waals surface area contributed by atoms with Crippen molar-refractivity contribution >= 4 is 11.6 Å². The Morgan fingerprint density at radius 1 is 1.39 bits per heavy atom. The van der Waals surface area contributed by atoms with E-state index in [1.807, 2.05) is 11.7 Å². The van der Waals surface area contributed by atoms with E-state index in [4.69, 9.17) is 17.4 Å². The summed E-state index contributed by atoms with van der Waals surface area (Å²) in [6.07, 6.45) is 3.90. The number of nitrogens with one attached hydrogen (secondary N) is 1. The van der Waals surface area contributed by atoms with E-state index in [9.17, 15) is 0 Å². The van der Waals surface area contributed by atoms with Crippen molar-refractivity contribution in [3.8, 4) is 0 Å². The quantitative estimate of drug-likeness (QED) is 0.592. The first kappa shape index (κ1) is 15.5. The standard InChI is InChI=1S/C13H25ClN4/c1-5-11-13(14)12(18(4)17-11)8-10(16-15)7-6-9(2)3/h9-10,16H,5-8,15H2,1-4H3. The lowest BCUT2D eigenvalue weighted by Crippen LogP contribution is -2.37. The Balaban J connectivity index is 2.72. The van der Waals surface area contributed by atoms with Crippen LogP contribution in [0.25, 0.3) is 0 Å². The third kappa shape index (κ3) is 3.97. The number of hydrogen-bond donors (Lipinski definition) is 2. The average molecular weight is 273 g/mol. The van der Waals surface area contributed by atoms with Gasteiger partial charge in [-0.1, -0.05) is 32.4 Å². The van der Waals surface area contributed by atoms with E-state index in [-0.39, 0.29) is 6.04 Å². The Kier molecular flexibility index (Phi) is 6.12. The van der Waals surface area contributed by atoms with Crippen molar-refractivity contribution < 1.29 is 0 Å². The van der Waals surface area contributed by atoms with Crippen molar-refractivity contribution in [2.75, 3.05) is 0 Å². The Hall–Kier alpha value is -0.580. The second-order valence-electron chi connectivity index (χ2n) is 5.22. The van der Waals surface area contributed by atoms with E-state index < -0.39 is 0 Å². The van der Waals surface area contributed by atoms with Gasteiger partial charge in [-0.3, -0.25) is 16.0 Å². The van der Waals surface area contributed by atoms with Crippen LogP contribution in [0.15, 0.2) is 0 Å². The summed E-state index contributed by atoms with van der Waals surface area (Å²) >= 11 is 6.34. The molecular weight excluding hydrogens is 248 g/mol. The van der Waals surface area contributed by atoms with Gasteiger partial charge in [-0.25, -0.2) is 0 Å². The number of halogens is 1. The highest BCUT2D eigenvalue weighted by atomic mass is 35.5. The van der Waals surface area contributed by atoms with Gasteiger partial charge >= 0.3 is 0 Å². The summed E-state index contributed by atoms with van der Waals surface area (Å²) in [5.41, 5.74) is 4.92. The second-order valence-corrected chi connectivity index (χ2v) is 5.60. The highest BCUT2D eigenvalue weighted by molar-refractivity contribution is 6.31. The normalized spacial score (nSPS) is 13.3. The van der Waals surface area contributed by atoms with Crippen LogP contribution in [0.5, 0.6) is 0 Å². The maximum Gasteiger partial charge on any atom is 0.0850 e. The molecule has 1 aromatic heterocycles. The molecule has 0 amide bonds. The van der Waals surface area contributed by atoms with Crippen LogP contribution in [0.4, 0.5) is 0 Å².